The minimum Gasteiger partial charge on any atom is -0.450 e. The van der Waals surface area contributed by atoms with Crippen molar-refractivity contribution in [3.63, 3.8) is 0 Å². The van der Waals surface area contributed by atoms with Crippen molar-refractivity contribution in [3.8, 4) is 0 Å². The van der Waals surface area contributed by atoms with Crippen LogP contribution in [0.5, 0.6) is 0 Å². The molecule has 0 atom stereocenters. The molecule has 1 aromatic heterocycles. The van der Waals surface area contributed by atoms with Gasteiger partial charge >= 0.3 is 6.03 Å². The van der Waals surface area contributed by atoms with Crippen LogP contribution in [0.3, 0.4) is 0 Å². The molecule has 0 bridgehead atoms. The molecule has 0 unspecified atom stereocenters. The summed E-state index contributed by atoms with van der Waals surface area (Å²) in [5, 5.41) is 2.84. The highest BCUT2D eigenvalue weighted by molar-refractivity contribution is 7.99. The summed E-state index contributed by atoms with van der Waals surface area (Å²) in [7, 11) is 0. The largest absolute Gasteiger partial charge is 0.450 e. The van der Waals surface area contributed by atoms with Gasteiger partial charge < -0.3 is 4.42 Å². The lowest BCUT2D eigenvalue weighted by atomic mass is 10.1. The van der Waals surface area contributed by atoms with Gasteiger partial charge in [0.15, 0.2) is 5.09 Å². The van der Waals surface area contributed by atoms with E-state index in [4.69, 9.17) is 4.42 Å². The average molecular weight is 418 g/mol. The number of anilines is 1. The van der Waals surface area contributed by atoms with Gasteiger partial charge in [-0.1, -0.05) is 49.0 Å². The summed E-state index contributed by atoms with van der Waals surface area (Å²) in [5.74, 6) is -1.09. The molecule has 1 aliphatic rings. The Bertz CT molecular complexity index is 1130. The lowest BCUT2D eigenvalue weighted by Gasteiger charge is -2.26. The number of nitrogens with zero attached hydrogens (tertiary/aromatic N) is 1. The number of benzene rings is 2. The van der Waals surface area contributed by atoms with E-state index >= 15 is 0 Å². The molecule has 1 saturated heterocycles. The third kappa shape index (κ3) is 4.06. The van der Waals surface area contributed by atoms with Gasteiger partial charge in [-0.25, -0.2) is 9.69 Å². The Morgan fingerprint density at radius 2 is 1.70 bits per heavy atom. The van der Waals surface area contributed by atoms with Crippen LogP contribution >= 0.6 is 11.8 Å². The number of carbonyl (C=O) groups excluding carboxylic acids is 3. The quantitative estimate of drug-likeness (QED) is 0.482. The van der Waals surface area contributed by atoms with E-state index in [1.807, 2.05) is 49.4 Å². The fourth-order valence-corrected chi connectivity index (χ4v) is 3.79. The van der Waals surface area contributed by atoms with Crippen LogP contribution in [0.4, 0.5) is 10.5 Å². The monoisotopic (exact) mass is 418 g/mol. The smallest absolute Gasteiger partial charge is 0.335 e. The molecule has 2 aromatic carbocycles. The number of carbonyl (C=O) groups is 3. The van der Waals surface area contributed by atoms with Crippen molar-refractivity contribution >= 4 is 41.4 Å². The van der Waals surface area contributed by atoms with Crippen LogP contribution < -0.4 is 10.2 Å². The molecular weight excluding hydrogens is 400 g/mol. The van der Waals surface area contributed by atoms with Gasteiger partial charge in [0.1, 0.15) is 11.3 Å². The maximum Gasteiger partial charge on any atom is 0.335 e. The van der Waals surface area contributed by atoms with E-state index in [1.54, 1.807) is 24.3 Å². The minimum atomic E-state index is -0.772. The van der Waals surface area contributed by atoms with Gasteiger partial charge in [0.05, 0.1) is 5.69 Å². The van der Waals surface area contributed by atoms with Gasteiger partial charge in [0.2, 0.25) is 0 Å². The van der Waals surface area contributed by atoms with Gasteiger partial charge in [0, 0.05) is 4.90 Å². The molecule has 0 aliphatic carbocycles. The molecule has 30 heavy (non-hydrogen) atoms. The lowest BCUT2D eigenvalue weighted by Crippen LogP contribution is -2.54. The molecule has 3 aromatic rings. The first-order chi connectivity index (χ1) is 14.5. The molecule has 150 valence electrons. The first-order valence-corrected chi connectivity index (χ1v) is 10.2. The van der Waals surface area contributed by atoms with Gasteiger partial charge in [0.25, 0.3) is 11.8 Å². The third-order valence-electron chi connectivity index (χ3n) is 4.55. The minimum absolute atomic E-state index is 0.167. The Labute approximate surface area is 177 Å². The Morgan fingerprint density at radius 1 is 0.967 bits per heavy atom. The van der Waals surface area contributed by atoms with Crippen molar-refractivity contribution in [1.82, 2.24) is 5.32 Å². The number of barbiturate groups is 1. The second kappa shape index (κ2) is 8.42. The first kappa shape index (κ1) is 19.7. The molecule has 1 aliphatic heterocycles. The standard InChI is InChI=1S/C23H18N2O4S/c1-2-15-8-10-16(11-9-15)25-22(27)19(21(26)24-23(25)28)14-17-12-13-20(29-17)30-18-6-4-3-5-7-18/h3-14H,2H2,1H3,(H,24,26,28)/b19-14+. The van der Waals surface area contributed by atoms with Crippen LogP contribution in [-0.2, 0) is 16.0 Å². The van der Waals surface area contributed by atoms with Gasteiger partial charge in [-0.05, 0) is 54.5 Å². The molecule has 1 N–H and O–H groups in total. The second-order valence-electron chi connectivity index (χ2n) is 6.55. The number of amides is 4. The zero-order valence-corrected chi connectivity index (χ0v) is 16.9. The summed E-state index contributed by atoms with van der Waals surface area (Å²) in [5.41, 5.74) is 1.31. The van der Waals surface area contributed by atoms with Crippen molar-refractivity contribution in [2.45, 2.75) is 23.3 Å². The SMILES string of the molecule is CCc1ccc(N2C(=O)NC(=O)/C(=C\c3ccc(Sc4ccccc4)o3)C2=O)cc1. The van der Waals surface area contributed by atoms with E-state index < -0.39 is 17.8 Å². The van der Waals surface area contributed by atoms with E-state index in [0.29, 0.717) is 16.5 Å². The highest BCUT2D eigenvalue weighted by Crippen LogP contribution is 2.30. The van der Waals surface area contributed by atoms with Crippen molar-refractivity contribution in [1.29, 1.82) is 0 Å². The summed E-state index contributed by atoms with van der Waals surface area (Å²) in [4.78, 5) is 39.5. The summed E-state index contributed by atoms with van der Waals surface area (Å²) in [6, 6.07) is 19.4. The molecular formula is C23H18N2O4S. The lowest BCUT2D eigenvalue weighted by molar-refractivity contribution is -0.122. The molecule has 0 spiro atoms. The highest BCUT2D eigenvalue weighted by atomic mass is 32.2. The van der Waals surface area contributed by atoms with E-state index in [1.165, 1.54) is 17.8 Å². The van der Waals surface area contributed by atoms with Crippen LogP contribution in [0, 0.1) is 0 Å². The Kier molecular flexibility index (Phi) is 5.54. The van der Waals surface area contributed by atoms with Crippen molar-refractivity contribution in [3.05, 3.63) is 83.6 Å². The Morgan fingerprint density at radius 3 is 2.40 bits per heavy atom. The molecule has 4 rings (SSSR count). The number of nitrogens with one attached hydrogen (secondary N) is 1. The predicted octanol–water partition coefficient (Wildman–Crippen LogP) is 4.66. The van der Waals surface area contributed by atoms with Crippen LogP contribution in [0.15, 0.2) is 86.7 Å². The number of hydrogen-bond donors (Lipinski definition) is 1. The second-order valence-corrected chi connectivity index (χ2v) is 7.63. The van der Waals surface area contributed by atoms with Crippen LogP contribution in [0.25, 0.3) is 6.08 Å². The van der Waals surface area contributed by atoms with Crippen molar-refractivity contribution in [2.75, 3.05) is 4.90 Å². The Balaban J connectivity index is 1.59. The van der Waals surface area contributed by atoms with Gasteiger partial charge in [-0.15, -0.1) is 0 Å². The number of hydrogen-bond acceptors (Lipinski definition) is 5. The molecule has 7 heteroatoms. The molecule has 2 heterocycles. The normalized spacial score (nSPS) is 15.6. The van der Waals surface area contributed by atoms with Crippen LogP contribution in [-0.4, -0.2) is 17.8 Å². The molecule has 0 radical (unpaired) electrons. The van der Waals surface area contributed by atoms with Crippen molar-refractivity contribution in [2.24, 2.45) is 0 Å². The summed E-state index contributed by atoms with van der Waals surface area (Å²) in [6.45, 7) is 2.01. The van der Waals surface area contributed by atoms with E-state index in [9.17, 15) is 14.4 Å². The number of urea groups is 1. The van der Waals surface area contributed by atoms with E-state index in [0.717, 1.165) is 21.8 Å². The summed E-state index contributed by atoms with van der Waals surface area (Å²) < 4.78 is 5.74. The Hall–Kier alpha value is -3.58. The van der Waals surface area contributed by atoms with Gasteiger partial charge in [-0.2, -0.15) is 0 Å². The van der Waals surface area contributed by atoms with Crippen LogP contribution in [0.1, 0.15) is 18.2 Å². The fourth-order valence-electron chi connectivity index (χ4n) is 2.99. The predicted molar refractivity (Wildman–Crippen MR) is 114 cm³/mol. The molecule has 4 amide bonds. The number of furan rings is 1. The van der Waals surface area contributed by atoms with Crippen LogP contribution in [0.2, 0.25) is 0 Å². The highest BCUT2D eigenvalue weighted by Gasteiger charge is 2.37. The van der Waals surface area contributed by atoms with Crippen molar-refractivity contribution < 1.29 is 18.8 Å². The summed E-state index contributed by atoms with van der Waals surface area (Å²) >= 11 is 1.43. The summed E-state index contributed by atoms with van der Waals surface area (Å²) in [6.07, 6.45) is 2.19. The molecule has 1 fully saturated rings. The zero-order chi connectivity index (χ0) is 21.1. The van der Waals surface area contributed by atoms with E-state index in [-0.39, 0.29) is 5.57 Å². The third-order valence-corrected chi connectivity index (χ3v) is 5.48. The topological polar surface area (TPSA) is 79.6 Å². The molecule has 0 saturated carbocycles. The van der Waals surface area contributed by atoms with E-state index in [2.05, 4.69) is 5.32 Å². The number of imide groups is 2. The maximum atomic E-state index is 12.9. The van der Waals surface area contributed by atoms with Gasteiger partial charge in [-0.3, -0.25) is 14.9 Å². The number of rotatable bonds is 5. The fraction of sp³-hybridized carbons (Fsp3) is 0.0870. The maximum absolute atomic E-state index is 12.9. The first-order valence-electron chi connectivity index (χ1n) is 9.38. The molecule has 6 nitrogen and oxygen atoms in total. The zero-order valence-electron chi connectivity index (χ0n) is 16.1. The average Bonchev–Trinajstić information content (AvgIpc) is 3.19. The number of aryl methyl sites for hydroxylation is 1.